The molecule has 1 atom stereocenters. The summed E-state index contributed by atoms with van der Waals surface area (Å²) in [5, 5.41) is 6.57. The molecule has 26 heavy (non-hydrogen) atoms. The number of nitrogens with one attached hydrogen (secondary N) is 2. The summed E-state index contributed by atoms with van der Waals surface area (Å²) in [7, 11) is 0. The summed E-state index contributed by atoms with van der Waals surface area (Å²) < 4.78 is 5.61. The van der Waals surface area contributed by atoms with Crippen LogP contribution >= 0.6 is 0 Å². The lowest BCUT2D eigenvalue weighted by molar-refractivity contribution is -0.131. The molecule has 0 aromatic heterocycles. The Hall–Kier alpha value is -2.08. The molecule has 1 aromatic carbocycles. The predicted octanol–water partition coefficient (Wildman–Crippen LogP) is 2.04. The van der Waals surface area contributed by atoms with E-state index < -0.39 is 0 Å². The second kappa shape index (κ2) is 9.57. The molecular formula is C20H30N4O2. The van der Waals surface area contributed by atoms with E-state index in [-0.39, 0.29) is 12.0 Å². The number of guanidine groups is 1. The molecule has 1 amide bonds. The first-order valence-electron chi connectivity index (χ1n) is 9.74. The zero-order valence-corrected chi connectivity index (χ0v) is 15.7. The third-order valence-corrected chi connectivity index (χ3v) is 4.87. The minimum absolute atomic E-state index is 0.226. The highest BCUT2D eigenvalue weighted by Gasteiger charge is 2.22. The van der Waals surface area contributed by atoms with E-state index in [1.54, 1.807) is 0 Å². The molecule has 1 aromatic rings. The van der Waals surface area contributed by atoms with E-state index in [2.05, 4.69) is 34.7 Å². The topological polar surface area (TPSA) is 66.0 Å². The smallest absolute Gasteiger partial charge is 0.223 e. The van der Waals surface area contributed by atoms with E-state index >= 15 is 0 Å². The van der Waals surface area contributed by atoms with Crippen LogP contribution in [0.15, 0.2) is 29.3 Å². The predicted molar refractivity (Wildman–Crippen MR) is 103 cm³/mol. The lowest BCUT2D eigenvalue weighted by atomic mass is 10.1. The third-order valence-electron chi connectivity index (χ3n) is 4.87. The van der Waals surface area contributed by atoms with Crippen LogP contribution in [-0.2, 0) is 22.6 Å². The van der Waals surface area contributed by atoms with Crippen LogP contribution < -0.4 is 10.6 Å². The maximum atomic E-state index is 12.4. The minimum atomic E-state index is 0.226. The Morgan fingerprint density at radius 3 is 2.69 bits per heavy atom. The Kier molecular flexibility index (Phi) is 6.89. The molecule has 0 bridgehead atoms. The molecule has 1 fully saturated rings. The normalized spacial score (nSPS) is 19.5. The van der Waals surface area contributed by atoms with Crippen molar-refractivity contribution in [3.63, 3.8) is 0 Å². The number of amides is 1. The van der Waals surface area contributed by atoms with Crippen molar-refractivity contribution in [1.29, 1.82) is 0 Å². The second-order valence-electron chi connectivity index (χ2n) is 6.90. The van der Waals surface area contributed by atoms with Crippen LogP contribution in [0.25, 0.3) is 0 Å². The molecule has 142 valence electrons. The Bertz CT molecular complexity index is 601. The van der Waals surface area contributed by atoms with E-state index in [0.717, 1.165) is 58.0 Å². The van der Waals surface area contributed by atoms with Gasteiger partial charge < -0.3 is 20.3 Å². The van der Waals surface area contributed by atoms with Crippen molar-refractivity contribution < 1.29 is 9.53 Å². The number of benzene rings is 1. The van der Waals surface area contributed by atoms with E-state index in [4.69, 9.17) is 4.74 Å². The molecule has 1 saturated heterocycles. The maximum Gasteiger partial charge on any atom is 0.223 e. The highest BCUT2D eigenvalue weighted by atomic mass is 16.5. The molecule has 3 rings (SSSR count). The molecule has 2 N–H and O–H groups in total. The second-order valence-corrected chi connectivity index (χ2v) is 6.90. The van der Waals surface area contributed by atoms with Crippen LogP contribution in [-0.4, -0.2) is 49.1 Å². The Morgan fingerprint density at radius 2 is 2.04 bits per heavy atom. The van der Waals surface area contributed by atoms with Crippen molar-refractivity contribution in [3.8, 4) is 0 Å². The minimum Gasteiger partial charge on any atom is -0.376 e. The van der Waals surface area contributed by atoms with Crippen molar-refractivity contribution in [2.45, 2.75) is 51.8 Å². The summed E-state index contributed by atoms with van der Waals surface area (Å²) in [5.41, 5.74) is 2.55. The molecule has 0 aliphatic carbocycles. The van der Waals surface area contributed by atoms with Crippen molar-refractivity contribution >= 4 is 11.9 Å². The number of ether oxygens (including phenoxy) is 1. The zero-order valence-electron chi connectivity index (χ0n) is 15.7. The Morgan fingerprint density at radius 1 is 1.27 bits per heavy atom. The van der Waals surface area contributed by atoms with Gasteiger partial charge in [0.2, 0.25) is 5.91 Å². The molecule has 6 heteroatoms. The summed E-state index contributed by atoms with van der Waals surface area (Å²) in [6.07, 6.45) is 3.84. The quantitative estimate of drug-likeness (QED) is 0.445. The molecule has 2 heterocycles. The number of carbonyl (C=O) groups excluding carboxylic acids is 1. The Labute approximate surface area is 156 Å². The average molecular weight is 358 g/mol. The number of nitrogens with zero attached hydrogens (tertiary/aromatic N) is 2. The molecule has 1 unspecified atom stereocenters. The summed E-state index contributed by atoms with van der Waals surface area (Å²) in [5.74, 6) is 1.04. The summed E-state index contributed by atoms with van der Waals surface area (Å²) in [4.78, 5) is 19.0. The van der Waals surface area contributed by atoms with Crippen LogP contribution in [0, 0.1) is 0 Å². The number of rotatable bonds is 7. The van der Waals surface area contributed by atoms with Gasteiger partial charge in [0, 0.05) is 39.2 Å². The van der Waals surface area contributed by atoms with Crippen LogP contribution in [0.1, 0.15) is 43.7 Å². The van der Waals surface area contributed by atoms with Gasteiger partial charge in [-0.25, -0.2) is 0 Å². The fourth-order valence-electron chi connectivity index (χ4n) is 3.44. The van der Waals surface area contributed by atoms with E-state index in [9.17, 15) is 4.79 Å². The van der Waals surface area contributed by atoms with Gasteiger partial charge in [0.25, 0.3) is 0 Å². The molecule has 0 radical (unpaired) electrons. The number of fused-ring (bicyclic) bond motifs is 1. The van der Waals surface area contributed by atoms with Gasteiger partial charge in [0.05, 0.1) is 12.6 Å². The zero-order chi connectivity index (χ0) is 18.2. The maximum absolute atomic E-state index is 12.4. The van der Waals surface area contributed by atoms with Crippen molar-refractivity contribution in [1.82, 2.24) is 15.5 Å². The van der Waals surface area contributed by atoms with Crippen molar-refractivity contribution in [2.75, 3.05) is 26.2 Å². The molecule has 0 spiro atoms. The van der Waals surface area contributed by atoms with E-state index in [1.165, 1.54) is 11.1 Å². The van der Waals surface area contributed by atoms with Gasteiger partial charge in [-0.1, -0.05) is 24.3 Å². The van der Waals surface area contributed by atoms with Gasteiger partial charge >= 0.3 is 0 Å². The van der Waals surface area contributed by atoms with E-state index in [1.807, 2.05) is 17.0 Å². The summed E-state index contributed by atoms with van der Waals surface area (Å²) >= 11 is 0. The fourth-order valence-corrected chi connectivity index (χ4v) is 3.44. The molecule has 2 aliphatic heterocycles. The Balaban J connectivity index is 1.37. The lowest BCUT2D eigenvalue weighted by Gasteiger charge is -2.16. The van der Waals surface area contributed by atoms with Gasteiger partial charge in [-0.2, -0.15) is 0 Å². The summed E-state index contributed by atoms with van der Waals surface area (Å²) in [6.45, 7) is 6.65. The van der Waals surface area contributed by atoms with Crippen molar-refractivity contribution in [3.05, 3.63) is 35.4 Å². The first-order valence-corrected chi connectivity index (χ1v) is 9.74. The number of hydrogen-bond donors (Lipinski definition) is 2. The molecule has 2 aliphatic rings. The molecule has 0 saturated carbocycles. The number of aliphatic imine (C=N–C) groups is 1. The fraction of sp³-hybridized carbons (Fsp3) is 0.600. The van der Waals surface area contributed by atoms with Gasteiger partial charge in [-0.05, 0) is 37.3 Å². The number of carbonyl (C=O) groups is 1. The summed E-state index contributed by atoms with van der Waals surface area (Å²) in [6, 6.07) is 8.29. The van der Waals surface area contributed by atoms with Crippen molar-refractivity contribution in [2.24, 2.45) is 4.99 Å². The number of hydrogen-bond acceptors (Lipinski definition) is 3. The third kappa shape index (κ3) is 5.21. The highest BCUT2D eigenvalue weighted by molar-refractivity contribution is 5.80. The molecule has 6 nitrogen and oxygen atoms in total. The van der Waals surface area contributed by atoms with Crippen LogP contribution in [0.2, 0.25) is 0 Å². The first kappa shape index (κ1) is 18.7. The molecular weight excluding hydrogens is 328 g/mol. The van der Waals surface area contributed by atoms with Crippen LogP contribution in [0.4, 0.5) is 0 Å². The SMILES string of the molecule is CCNC(=NCC1CCCO1)NCCCC(=O)N1Cc2ccccc2C1. The first-order chi connectivity index (χ1) is 12.8. The van der Waals surface area contributed by atoms with Crippen LogP contribution in [0.3, 0.4) is 0 Å². The van der Waals surface area contributed by atoms with Gasteiger partial charge in [0.15, 0.2) is 5.96 Å². The van der Waals surface area contributed by atoms with Gasteiger partial charge in [0.1, 0.15) is 0 Å². The van der Waals surface area contributed by atoms with E-state index in [0.29, 0.717) is 13.0 Å². The monoisotopic (exact) mass is 358 g/mol. The lowest BCUT2D eigenvalue weighted by Crippen LogP contribution is -2.38. The van der Waals surface area contributed by atoms with Crippen LogP contribution in [0.5, 0.6) is 0 Å². The van der Waals surface area contributed by atoms with Gasteiger partial charge in [-0.15, -0.1) is 0 Å². The van der Waals surface area contributed by atoms with Gasteiger partial charge in [-0.3, -0.25) is 9.79 Å². The standard InChI is InChI=1S/C20H30N4O2/c1-2-21-20(23-13-18-9-6-12-26-18)22-11-5-10-19(25)24-14-16-7-3-4-8-17(16)15-24/h3-4,7-8,18H,2,5-6,9-15H2,1H3,(H2,21,22,23). The largest absolute Gasteiger partial charge is 0.376 e. The highest BCUT2D eigenvalue weighted by Crippen LogP contribution is 2.22. The average Bonchev–Trinajstić information content (AvgIpc) is 3.32.